The molecule has 2 aliphatic rings. The van der Waals surface area contributed by atoms with Gasteiger partial charge in [-0.05, 0) is 36.8 Å². The molecule has 0 spiro atoms. The maximum atomic E-state index is 12.6. The Morgan fingerprint density at radius 1 is 1.29 bits per heavy atom. The van der Waals surface area contributed by atoms with Crippen LogP contribution < -0.4 is 0 Å². The topological polar surface area (TPSA) is 40.5 Å². The zero-order valence-corrected chi connectivity index (χ0v) is 13.0. The van der Waals surface area contributed by atoms with Crippen molar-refractivity contribution < 1.29 is 9.90 Å². The molecule has 1 saturated heterocycles. The average Bonchev–Trinajstić information content (AvgIpc) is 3.00. The van der Waals surface area contributed by atoms with E-state index in [9.17, 15) is 4.79 Å². The highest BCUT2D eigenvalue weighted by Crippen LogP contribution is 2.36. The number of nitrogens with zero attached hydrogens (tertiary/aromatic N) is 1. The predicted molar refractivity (Wildman–Crippen MR) is 84.3 cm³/mol. The van der Waals surface area contributed by atoms with Crippen molar-refractivity contribution in [3.63, 3.8) is 0 Å². The summed E-state index contributed by atoms with van der Waals surface area (Å²) in [5.41, 5.74) is 0. The number of aliphatic hydroxyl groups excluding tert-OH is 1. The monoisotopic (exact) mass is 303 g/mol. The van der Waals surface area contributed by atoms with Crippen LogP contribution in [0.2, 0.25) is 0 Å². The van der Waals surface area contributed by atoms with Gasteiger partial charge in [0.2, 0.25) is 0 Å². The van der Waals surface area contributed by atoms with Crippen LogP contribution in [-0.2, 0) is 0 Å². The first-order valence-electron chi connectivity index (χ1n) is 7.77. The van der Waals surface area contributed by atoms with Gasteiger partial charge in [0, 0.05) is 13.1 Å². The Labute approximate surface area is 130 Å². The molecule has 0 radical (unpaired) electrons. The normalized spacial score (nSPS) is 24.9. The maximum Gasteiger partial charge on any atom is 0.263 e. The third kappa shape index (κ3) is 3.30. The molecule has 2 unspecified atom stereocenters. The Morgan fingerprint density at radius 2 is 2.10 bits per heavy atom. The molecule has 1 aromatic rings. The number of thiophene rings is 1. The predicted octanol–water partition coefficient (Wildman–Crippen LogP) is 2.74. The van der Waals surface area contributed by atoms with Crippen LogP contribution in [0.5, 0.6) is 0 Å². The van der Waals surface area contributed by atoms with E-state index in [4.69, 9.17) is 5.11 Å². The zero-order chi connectivity index (χ0) is 14.7. The van der Waals surface area contributed by atoms with E-state index in [0.717, 1.165) is 28.8 Å². The van der Waals surface area contributed by atoms with Gasteiger partial charge in [-0.1, -0.05) is 31.1 Å². The van der Waals surface area contributed by atoms with Crippen molar-refractivity contribution in [3.05, 3.63) is 21.9 Å². The molecule has 0 aromatic carbocycles. The largest absolute Gasteiger partial charge is 0.384 e. The summed E-state index contributed by atoms with van der Waals surface area (Å²) >= 11 is 1.43. The quantitative estimate of drug-likeness (QED) is 0.810. The number of hydrogen-bond donors (Lipinski definition) is 1. The van der Waals surface area contributed by atoms with E-state index in [1.54, 1.807) is 0 Å². The van der Waals surface area contributed by atoms with Crippen LogP contribution in [0.1, 0.15) is 46.7 Å². The Morgan fingerprint density at radius 3 is 2.90 bits per heavy atom. The lowest BCUT2D eigenvalue weighted by molar-refractivity contribution is 0.0525. The fourth-order valence-corrected chi connectivity index (χ4v) is 4.44. The van der Waals surface area contributed by atoms with Crippen LogP contribution in [-0.4, -0.2) is 35.6 Å². The summed E-state index contributed by atoms with van der Waals surface area (Å²) in [6.45, 7) is 1.69. The number of carbonyl (C=O) groups is 1. The van der Waals surface area contributed by atoms with Gasteiger partial charge in [0.25, 0.3) is 5.91 Å². The highest BCUT2D eigenvalue weighted by atomic mass is 32.1. The van der Waals surface area contributed by atoms with E-state index in [2.05, 4.69) is 11.8 Å². The second-order valence-electron chi connectivity index (χ2n) is 5.97. The zero-order valence-electron chi connectivity index (χ0n) is 12.2. The van der Waals surface area contributed by atoms with Crippen molar-refractivity contribution in [3.8, 4) is 11.8 Å². The molecule has 1 N–H and O–H groups in total. The number of hydrogen-bond acceptors (Lipinski definition) is 3. The molecule has 3 nitrogen and oxygen atoms in total. The molecule has 1 amide bonds. The fraction of sp³-hybridized carbons (Fsp3) is 0.588. The minimum Gasteiger partial charge on any atom is -0.384 e. The van der Waals surface area contributed by atoms with Crippen molar-refractivity contribution in [2.24, 2.45) is 11.8 Å². The number of aliphatic hydroxyl groups is 1. The molecule has 21 heavy (non-hydrogen) atoms. The number of piperidine rings is 1. The second-order valence-corrected chi connectivity index (χ2v) is 7.05. The average molecular weight is 303 g/mol. The van der Waals surface area contributed by atoms with Crippen LogP contribution in [0.25, 0.3) is 0 Å². The lowest BCUT2D eigenvalue weighted by Gasteiger charge is -2.41. The molecule has 1 aromatic heterocycles. The van der Waals surface area contributed by atoms with Crippen molar-refractivity contribution in [1.82, 2.24) is 4.90 Å². The summed E-state index contributed by atoms with van der Waals surface area (Å²) in [6.07, 6.45) is 6.49. The molecule has 1 saturated carbocycles. The number of carbonyl (C=O) groups excluding carboxylic acids is 1. The molecule has 1 aliphatic carbocycles. The SMILES string of the molecule is O=C(c1ccc(C#CCO)s1)N1CCC2CCCCC2C1. The van der Waals surface area contributed by atoms with Gasteiger partial charge in [-0.25, -0.2) is 0 Å². The van der Waals surface area contributed by atoms with Gasteiger partial charge in [-0.2, -0.15) is 0 Å². The van der Waals surface area contributed by atoms with Crippen LogP contribution >= 0.6 is 11.3 Å². The van der Waals surface area contributed by atoms with Gasteiger partial charge in [0.15, 0.2) is 0 Å². The highest BCUT2D eigenvalue weighted by molar-refractivity contribution is 7.14. The minimum absolute atomic E-state index is 0.142. The van der Waals surface area contributed by atoms with E-state index in [1.165, 1.54) is 43.4 Å². The highest BCUT2D eigenvalue weighted by Gasteiger charge is 2.33. The molecule has 2 fully saturated rings. The van der Waals surface area contributed by atoms with E-state index in [-0.39, 0.29) is 12.5 Å². The lowest BCUT2D eigenvalue weighted by Crippen LogP contribution is -2.44. The molecule has 0 bridgehead atoms. The first-order valence-corrected chi connectivity index (χ1v) is 8.58. The van der Waals surface area contributed by atoms with Gasteiger partial charge in [0.05, 0.1) is 9.75 Å². The molecular weight excluding hydrogens is 282 g/mol. The summed E-state index contributed by atoms with van der Waals surface area (Å²) in [6, 6.07) is 3.73. The third-order valence-corrected chi connectivity index (χ3v) is 5.67. The molecule has 4 heteroatoms. The van der Waals surface area contributed by atoms with Gasteiger partial charge < -0.3 is 10.0 Å². The van der Waals surface area contributed by atoms with Crippen LogP contribution in [0.15, 0.2) is 12.1 Å². The maximum absolute atomic E-state index is 12.6. The van der Waals surface area contributed by atoms with Crippen LogP contribution in [0.4, 0.5) is 0 Å². The lowest BCUT2D eigenvalue weighted by atomic mass is 9.75. The number of rotatable bonds is 1. The summed E-state index contributed by atoms with van der Waals surface area (Å²) < 4.78 is 0. The summed E-state index contributed by atoms with van der Waals surface area (Å²) in [5, 5.41) is 8.71. The van der Waals surface area contributed by atoms with Gasteiger partial charge >= 0.3 is 0 Å². The molecule has 2 atom stereocenters. The smallest absolute Gasteiger partial charge is 0.263 e. The summed E-state index contributed by atoms with van der Waals surface area (Å²) in [7, 11) is 0. The van der Waals surface area contributed by atoms with Gasteiger partial charge in [-0.3, -0.25) is 4.79 Å². The van der Waals surface area contributed by atoms with Crippen LogP contribution in [0.3, 0.4) is 0 Å². The van der Waals surface area contributed by atoms with Crippen molar-refractivity contribution >= 4 is 17.2 Å². The van der Waals surface area contributed by atoms with E-state index < -0.39 is 0 Å². The molecule has 112 valence electrons. The Bertz CT molecular complexity index is 569. The molecule has 1 aliphatic heterocycles. The summed E-state index contributed by atoms with van der Waals surface area (Å²) in [4.78, 5) is 16.2. The van der Waals surface area contributed by atoms with Gasteiger partial charge in [0.1, 0.15) is 6.61 Å². The van der Waals surface area contributed by atoms with Crippen molar-refractivity contribution in [1.29, 1.82) is 0 Å². The minimum atomic E-state index is -0.142. The second kappa shape index (κ2) is 6.64. The third-order valence-electron chi connectivity index (χ3n) is 4.69. The van der Waals surface area contributed by atoms with Crippen LogP contribution in [0, 0.1) is 23.7 Å². The summed E-state index contributed by atoms with van der Waals surface area (Å²) in [5.74, 6) is 7.20. The van der Waals surface area contributed by atoms with Gasteiger partial charge in [-0.15, -0.1) is 11.3 Å². The number of fused-ring (bicyclic) bond motifs is 1. The van der Waals surface area contributed by atoms with E-state index in [0.29, 0.717) is 5.92 Å². The first kappa shape index (κ1) is 14.6. The van der Waals surface area contributed by atoms with Crippen molar-refractivity contribution in [2.75, 3.05) is 19.7 Å². The fourth-order valence-electron chi connectivity index (χ4n) is 3.59. The Kier molecular flexibility index (Phi) is 4.62. The number of amides is 1. The van der Waals surface area contributed by atoms with E-state index >= 15 is 0 Å². The molecule has 2 heterocycles. The first-order chi connectivity index (χ1) is 10.3. The standard InChI is InChI=1S/C17H21NO2S/c19-11-3-6-15-7-8-16(21-15)17(20)18-10-9-13-4-1-2-5-14(13)12-18/h7-8,13-14,19H,1-2,4-5,9-12H2. The molecular formula is C17H21NO2S. The van der Waals surface area contributed by atoms with E-state index in [1.807, 2.05) is 17.0 Å². The molecule has 3 rings (SSSR count). The Balaban J connectivity index is 1.66. The van der Waals surface area contributed by atoms with Crippen molar-refractivity contribution in [2.45, 2.75) is 32.1 Å². The Hall–Kier alpha value is -1.31. The number of likely N-dealkylation sites (tertiary alicyclic amines) is 1.